The van der Waals surface area contributed by atoms with E-state index in [1.54, 1.807) is 42.5 Å². The van der Waals surface area contributed by atoms with Gasteiger partial charge in [-0.05, 0) is 18.1 Å². The van der Waals surface area contributed by atoms with Crippen LogP contribution in [0.4, 0.5) is 4.79 Å². The molecule has 2 atom stereocenters. The van der Waals surface area contributed by atoms with E-state index in [-0.39, 0.29) is 13.0 Å². The molecule has 0 aromatic heterocycles. The van der Waals surface area contributed by atoms with Gasteiger partial charge in [0.25, 0.3) is 0 Å². The molecule has 0 saturated carbocycles. The fourth-order valence-electron chi connectivity index (χ4n) is 2.39. The molecule has 9 heteroatoms. The average Bonchev–Trinajstić information content (AvgIpc) is 2.66. The number of hydrogen-bond acceptors (Lipinski definition) is 4. The van der Waals surface area contributed by atoms with E-state index in [9.17, 15) is 23.9 Å². The van der Waals surface area contributed by atoms with Gasteiger partial charge >= 0.3 is 13.7 Å². The second kappa shape index (κ2) is 10.0. The Balaban J connectivity index is 1.89. The first-order valence-electron chi connectivity index (χ1n) is 8.62. The second-order valence-corrected chi connectivity index (χ2v) is 8.03. The Morgan fingerprint density at radius 2 is 1.50 bits per heavy atom. The molecule has 0 aliphatic rings. The molecule has 1 unspecified atom stereocenters. The molecule has 0 bridgehead atoms. The van der Waals surface area contributed by atoms with Crippen molar-refractivity contribution in [2.75, 3.05) is 0 Å². The molecule has 2 aromatic carbocycles. The lowest BCUT2D eigenvalue weighted by atomic mass is 10.1. The summed E-state index contributed by atoms with van der Waals surface area (Å²) < 4.78 is 16.8. The summed E-state index contributed by atoms with van der Waals surface area (Å²) in [5.41, 5.74) is 1.46. The third-order valence-electron chi connectivity index (χ3n) is 3.93. The van der Waals surface area contributed by atoms with Crippen LogP contribution in [0.3, 0.4) is 0 Å². The average molecular weight is 406 g/mol. The smallest absolute Gasteiger partial charge is 0.408 e. The summed E-state index contributed by atoms with van der Waals surface area (Å²) in [6.07, 6.45) is -0.843. The van der Waals surface area contributed by atoms with Gasteiger partial charge in [0.2, 0.25) is 5.91 Å². The Morgan fingerprint density at radius 3 is 2.04 bits per heavy atom. The van der Waals surface area contributed by atoms with Crippen LogP contribution in [0, 0.1) is 0 Å². The maximum atomic E-state index is 12.3. The minimum atomic E-state index is -4.60. The van der Waals surface area contributed by atoms with Crippen molar-refractivity contribution in [2.45, 2.75) is 31.8 Å². The van der Waals surface area contributed by atoms with Gasteiger partial charge in [-0.3, -0.25) is 9.36 Å². The Morgan fingerprint density at radius 1 is 0.964 bits per heavy atom. The van der Waals surface area contributed by atoms with E-state index in [1.165, 1.54) is 6.92 Å². The maximum absolute atomic E-state index is 12.3. The predicted octanol–water partition coefficient (Wildman–Crippen LogP) is 2.16. The largest absolute Gasteiger partial charge is 0.445 e. The lowest BCUT2D eigenvalue weighted by Gasteiger charge is -2.22. The standard InChI is InChI=1S/C19H23N2O6P/c1-14(20-19(23)27-13-16-10-6-3-7-11-16)18(22)21-17(28(24,25)26)12-15-8-4-2-5-9-15/h2-11,14,17H,12-13H2,1H3,(H,20,23)(H,21,22)(H2,24,25,26)/t14-,17?/m0/s1. The molecule has 0 saturated heterocycles. The molecule has 28 heavy (non-hydrogen) atoms. The molecule has 0 heterocycles. The lowest BCUT2D eigenvalue weighted by molar-refractivity contribution is -0.123. The molecule has 0 aliphatic heterocycles. The summed E-state index contributed by atoms with van der Waals surface area (Å²) in [5, 5.41) is 4.66. The van der Waals surface area contributed by atoms with Crippen LogP contribution in [0.15, 0.2) is 60.7 Å². The molecule has 2 amide bonds. The van der Waals surface area contributed by atoms with Gasteiger partial charge in [0.15, 0.2) is 0 Å². The monoisotopic (exact) mass is 406 g/mol. The van der Waals surface area contributed by atoms with Gasteiger partial charge in [0.05, 0.1) is 0 Å². The molecular weight excluding hydrogens is 383 g/mol. The molecule has 8 nitrogen and oxygen atoms in total. The van der Waals surface area contributed by atoms with E-state index in [1.807, 2.05) is 18.2 Å². The fourth-order valence-corrected chi connectivity index (χ4v) is 3.13. The lowest BCUT2D eigenvalue weighted by Crippen LogP contribution is -2.48. The van der Waals surface area contributed by atoms with Crippen LogP contribution in [-0.4, -0.2) is 33.6 Å². The zero-order valence-electron chi connectivity index (χ0n) is 15.3. The number of nitrogens with one attached hydrogen (secondary N) is 2. The Kier molecular flexibility index (Phi) is 7.75. The third kappa shape index (κ3) is 7.15. The Labute approximate surface area is 163 Å². The summed E-state index contributed by atoms with van der Waals surface area (Å²) in [5.74, 6) is -2.12. The van der Waals surface area contributed by atoms with Crippen molar-refractivity contribution in [2.24, 2.45) is 0 Å². The molecular formula is C19H23N2O6P. The van der Waals surface area contributed by atoms with Crippen molar-refractivity contribution in [3.63, 3.8) is 0 Å². The van der Waals surface area contributed by atoms with Gasteiger partial charge in [-0.15, -0.1) is 0 Å². The van der Waals surface area contributed by atoms with Crippen LogP contribution >= 0.6 is 7.60 Å². The van der Waals surface area contributed by atoms with Gasteiger partial charge in [-0.25, -0.2) is 4.79 Å². The highest BCUT2D eigenvalue weighted by Gasteiger charge is 2.32. The van der Waals surface area contributed by atoms with Crippen LogP contribution in [0.2, 0.25) is 0 Å². The van der Waals surface area contributed by atoms with Gasteiger partial charge in [-0.1, -0.05) is 60.7 Å². The quantitative estimate of drug-likeness (QED) is 0.498. The van der Waals surface area contributed by atoms with E-state index in [0.29, 0.717) is 5.56 Å². The zero-order chi connectivity index (χ0) is 20.6. The number of benzene rings is 2. The summed E-state index contributed by atoms with van der Waals surface area (Å²) in [4.78, 5) is 43.2. The van der Waals surface area contributed by atoms with Gasteiger partial charge < -0.3 is 25.2 Å². The number of carbonyl (C=O) groups is 2. The van der Waals surface area contributed by atoms with E-state index >= 15 is 0 Å². The Bertz CT molecular complexity index is 825. The summed E-state index contributed by atoms with van der Waals surface area (Å²) in [6, 6.07) is 16.7. The highest BCUT2D eigenvalue weighted by Crippen LogP contribution is 2.41. The molecule has 150 valence electrons. The topological polar surface area (TPSA) is 125 Å². The predicted molar refractivity (Wildman–Crippen MR) is 103 cm³/mol. The third-order valence-corrected chi connectivity index (χ3v) is 5.05. The van der Waals surface area contributed by atoms with Crippen LogP contribution in [0.1, 0.15) is 18.1 Å². The molecule has 2 rings (SSSR count). The molecule has 0 spiro atoms. The van der Waals surface area contributed by atoms with Crippen molar-refractivity contribution in [1.29, 1.82) is 0 Å². The van der Waals surface area contributed by atoms with E-state index < -0.39 is 31.4 Å². The van der Waals surface area contributed by atoms with Crippen molar-refractivity contribution < 1.29 is 28.7 Å². The number of hydrogen-bond donors (Lipinski definition) is 4. The number of ether oxygens (including phenoxy) is 1. The van der Waals surface area contributed by atoms with Gasteiger partial charge in [-0.2, -0.15) is 0 Å². The summed E-state index contributed by atoms with van der Waals surface area (Å²) in [7, 11) is -4.60. The Hall–Kier alpha value is -2.67. The van der Waals surface area contributed by atoms with Crippen LogP contribution in [-0.2, 0) is 27.1 Å². The number of rotatable bonds is 8. The first kappa shape index (κ1) is 21.6. The molecule has 0 fully saturated rings. The van der Waals surface area contributed by atoms with Crippen molar-refractivity contribution >= 4 is 19.6 Å². The number of carbonyl (C=O) groups excluding carboxylic acids is 2. The summed E-state index contributed by atoms with van der Waals surface area (Å²) >= 11 is 0. The maximum Gasteiger partial charge on any atom is 0.408 e. The number of amides is 2. The minimum Gasteiger partial charge on any atom is -0.445 e. The van der Waals surface area contributed by atoms with E-state index in [4.69, 9.17) is 4.74 Å². The molecule has 0 radical (unpaired) electrons. The van der Waals surface area contributed by atoms with Crippen LogP contribution in [0.25, 0.3) is 0 Å². The minimum absolute atomic E-state index is 0.0397. The first-order chi connectivity index (χ1) is 13.3. The van der Waals surface area contributed by atoms with Crippen molar-refractivity contribution in [1.82, 2.24) is 10.6 Å². The first-order valence-corrected chi connectivity index (χ1v) is 10.3. The van der Waals surface area contributed by atoms with E-state index in [0.717, 1.165) is 5.56 Å². The number of alkyl carbamates (subject to hydrolysis) is 1. The van der Waals surface area contributed by atoms with Crippen LogP contribution < -0.4 is 10.6 Å². The molecule has 4 N–H and O–H groups in total. The highest BCUT2D eigenvalue weighted by atomic mass is 31.2. The van der Waals surface area contributed by atoms with Crippen molar-refractivity contribution in [3.8, 4) is 0 Å². The fraction of sp³-hybridized carbons (Fsp3) is 0.263. The summed E-state index contributed by atoms with van der Waals surface area (Å²) in [6.45, 7) is 1.44. The molecule has 0 aliphatic carbocycles. The molecule has 2 aromatic rings. The van der Waals surface area contributed by atoms with Crippen molar-refractivity contribution in [3.05, 3.63) is 71.8 Å². The zero-order valence-corrected chi connectivity index (χ0v) is 16.2. The SMILES string of the molecule is C[C@H](NC(=O)OCc1ccccc1)C(=O)NC(Cc1ccccc1)P(=O)(O)O. The second-order valence-electron chi connectivity index (χ2n) is 6.23. The van der Waals surface area contributed by atoms with Gasteiger partial charge in [0.1, 0.15) is 18.4 Å². The normalized spacial score (nSPS) is 13.2. The van der Waals surface area contributed by atoms with Crippen LogP contribution in [0.5, 0.6) is 0 Å². The highest BCUT2D eigenvalue weighted by molar-refractivity contribution is 7.52. The van der Waals surface area contributed by atoms with Gasteiger partial charge in [0, 0.05) is 6.42 Å². The van der Waals surface area contributed by atoms with E-state index in [2.05, 4.69) is 10.6 Å².